The van der Waals surface area contributed by atoms with Crippen molar-refractivity contribution in [2.75, 3.05) is 6.54 Å². The number of β-amino-alcohol motifs (C(OH)–C–C–N with tert-alkyl or cyclic N) is 1. The molecule has 1 aliphatic heterocycles. The van der Waals surface area contributed by atoms with Gasteiger partial charge in [-0.05, 0) is 25.2 Å². The van der Waals surface area contributed by atoms with Gasteiger partial charge in [0.2, 0.25) is 5.91 Å². The molecule has 2 unspecified atom stereocenters. The highest BCUT2D eigenvalue weighted by molar-refractivity contribution is 5.76. The van der Waals surface area contributed by atoms with Crippen LogP contribution in [0, 0.1) is 5.92 Å². The molecule has 0 aromatic rings. The van der Waals surface area contributed by atoms with Gasteiger partial charge in [-0.2, -0.15) is 0 Å². The Hall–Kier alpha value is -0.570. The second kappa shape index (κ2) is 5.50. The maximum Gasteiger partial charge on any atom is 0.222 e. The Morgan fingerprint density at radius 1 is 1.53 bits per heavy atom. The van der Waals surface area contributed by atoms with Crippen LogP contribution < -0.4 is 0 Å². The smallest absolute Gasteiger partial charge is 0.222 e. The molecular formula is C12H23NO2. The first-order valence-corrected chi connectivity index (χ1v) is 6.02. The molecule has 15 heavy (non-hydrogen) atoms. The summed E-state index contributed by atoms with van der Waals surface area (Å²) in [6, 6.07) is 0.264. The average Bonchev–Trinajstić information content (AvgIpc) is 2.56. The van der Waals surface area contributed by atoms with E-state index in [1.807, 2.05) is 4.90 Å². The molecule has 0 aliphatic carbocycles. The zero-order valence-corrected chi connectivity index (χ0v) is 10.1. The normalized spacial score (nSPS) is 26.3. The standard InChI is InChI=1S/C12H23NO2/c1-4-10-7-11(14)8-13(10)12(15)6-5-9(2)3/h9-11,14H,4-8H2,1-3H3. The third-order valence-electron chi connectivity index (χ3n) is 3.12. The minimum atomic E-state index is -0.307. The molecule has 3 nitrogen and oxygen atoms in total. The second-order valence-electron chi connectivity index (χ2n) is 4.93. The molecule has 0 saturated carbocycles. The van der Waals surface area contributed by atoms with Gasteiger partial charge >= 0.3 is 0 Å². The Bertz CT molecular complexity index is 216. The largest absolute Gasteiger partial charge is 0.391 e. The molecule has 1 saturated heterocycles. The lowest BCUT2D eigenvalue weighted by Crippen LogP contribution is -2.35. The van der Waals surface area contributed by atoms with Crippen LogP contribution in [0.4, 0.5) is 0 Å². The highest BCUT2D eigenvalue weighted by atomic mass is 16.3. The molecular weight excluding hydrogens is 190 g/mol. The second-order valence-corrected chi connectivity index (χ2v) is 4.93. The molecule has 0 spiro atoms. The maximum absolute atomic E-state index is 11.9. The number of likely N-dealkylation sites (tertiary alicyclic amines) is 1. The molecule has 3 heteroatoms. The molecule has 1 heterocycles. The van der Waals surface area contributed by atoms with Crippen molar-refractivity contribution in [2.45, 2.75) is 58.6 Å². The van der Waals surface area contributed by atoms with E-state index >= 15 is 0 Å². The number of carbonyl (C=O) groups is 1. The Labute approximate surface area is 92.5 Å². The van der Waals surface area contributed by atoms with Gasteiger partial charge in [0.15, 0.2) is 0 Å². The van der Waals surface area contributed by atoms with Crippen molar-refractivity contribution >= 4 is 5.91 Å². The molecule has 1 rings (SSSR count). The number of aliphatic hydroxyl groups excluding tert-OH is 1. The number of hydrogen-bond donors (Lipinski definition) is 1. The van der Waals surface area contributed by atoms with E-state index in [1.54, 1.807) is 0 Å². The van der Waals surface area contributed by atoms with E-state index in [4.69, 9.17) is 0 Å². The molecule has 0 aromatic carbocycles. The zero-order chi connectivity index (χ0) is 11.4. The van der Waals surface area contributed by atoms with Crippen LogP contribution in [0.5, 0.6) is 0 Å². The van der Waals surface area contributed by atoms with Crippen LogP contribution in [0.15, 0.2) is 0 Å². The quantitative estimate of drug-likeness (QED) is 0.773. The lowest BCUT2D eigenvalue weighted by Gasteiger charge is -2.23. The number of rotatable bonds is 4. The van der Waals surface area contributed by atoms with E-state index < -0.39 is 0 Å². The van der Waals surface area contributed by atoms with Crippen LogP contribution in [0.1, 0.15) is 46.5 Å². The van der Waals surface area contributed by atoms with Crippen molar-refractivity contribution in [1.82, 2.24) is 4.90 Å². The Morgan fingerprint density at radius 3 is 2.73 bits per heavy atom. The zero-order valence-electron chi connectivity index (χ0n) is 10.1. The van der Waals surface area contributed by atoms with Crippen LogP contribution in [-0.2, 0) is 4.79 Å². The Kier molecular flexibility index (Phi) is 4.58. The summed E-state index contributed by atoms with van der Waals surface area (Å²) in [7, 11) is 0. The highest BCUT2D eigenvalue weighted by Gasteiger charge is 2.32. The topological polar surface area (TPSA) is 40.5 Å². The predicted octanol–water partition coefficient (Wildman–Crippen LogP) is 1.79. The summed E-state index contributed by atoms with van der Waals surface area (Å²) in [4.78, 5) is 13.7. The van der Waals surface area contributed by atoms with Gasteiger partial charge in [-0.15, -0.1) is 0 Å². The molecule has 0 bridgehead atoms. The summed E-state index contributed by atoms with van der Waals surface area (Å²) >= 11 is 0. The molecule has 1 amide bonds. The summed E-state index contributed by atoms with van der Waals surface area (Å²) in [6.07, 6.45) is 2.97. The van der Waals surface area contributed by atoms with Crippen molar-refractivity contribution in [2.24, 2.45) is 5.92 Å². The van der Waals surface area contributed by atoms with Crippen LogP contribution in [0.2, 0.25) is 0 Å². The summed E-state index contributed by atoms with van der Waals surface area (Å²) < 4.78 is 0. The Balaban J connectivity index is 2.44. The molecule has 1 fully saturated rings. The summed E-state index contributed by atoms with van der Waals surface area (Å²) in [5.41, 5.74) is 0. The third-order valence-corrected chi connectivity index (χ3v) is 3.12. The third kappa shape index (κ3) is 3.49. The van der Waals surface area contributed by atoms with Gasteiger partial charge < -0.3 is 10.0 Å². The number of carbonyl (C=O) groups excluding carboxylic acids is 1. The van der Waals surface area contributed by atoms with Gasteiger partial charge in [-0.3, -0.25) is 4.79 Å². The van der Waals surface area contributed by atoms with E-state index in [9.17, 15) is 9.90 Å². The van der Waals surface area contributed by atoms with E-state index in [0.717, 1.165) is 19.3 Å². The number of aliphatic hydroxyl groups is 1. The first-order chi connectivity index (χ1) is 7.04. The van der Waals surface area contributed by atoms with Crippen molar-refractivity contribution in [3.05, 3.63) is 0 Å². The lowest BCUT2D eigenvalue weighted by molar-refractivity contribution is -0.132. The number of nitrogens with zero attached hydrogens (tertiary/aromatic N) is 1. The fourth-order valence-corrected chi connectivity index (χ4v) is 2.14. The van der Waals surface area contributed by atoms with Crippen molar-refractivity contribution < 1.29 is 9.90 Å². The predicted molar refractivity (Wildman–Crippen MR) is 60.5 cm³/mol. The molecule has 0 aromatic heterocycles. The Morgan fingerprint density at radius 2 is 2.20 bits per heavy atom. The van der Waals surface area contributed by atoms with Crippen molar-refractivity contribution in [3.63, 3.8) is 0 Å². The first-order valence-electron chi connectivity index (χ1n) is 6.02. The monoisotopic (exact) mass is 213 g/mol. The summed E-state index contributed by atoms with van der Waals surface area (Å²) in [5.74, 6) is 0.786. The minimum absolute atomic E-state index is 0.215. The van der Waals surface area contributed by atoms with Crippen LogP contribution in [0.3, 0.4) is 0 Å². The van der Waals surface area contributed by atoms with Gasteiger partial charge in [0.1, 0.15) is 0 Å². The van der Waals surface area contributed by atoms with Gasteiger partial charge in [0.25, 0.3) is 0 Å². The van der Waals surface area contributed by atoms with Crippen molar-refractivity contribution in [3.8, 4) is 0 Å². The van der Waals surface area contributed by atoms with E-state index in [0.29, 0.717) is 18.9 Å². The molecule has 0 radical (unpaired) electrons. The maximum atomic E-state index is 11.9. The lowest BCUT2D eigenvalue weighted by atomic mass is 10.1. The van der Waals surface area contributed by atoms with Gasteiger partial charge in [0.05, 0.1) is 6.10 Å². The van der Waals surface area contributed by atoms with Crippen LogP contribution in [-0.4, -0.2) is 34.6 Å². The molecule has 1 aliphatic rings. The van der Waals surface area contributed by atoms with E-state index in [1.165, 1.54) is 0 Å². The number of hydrogen-bond acceptors (Lipinski definition) is 2. The first kappa shape index (κ1) is 12.5. The van der Waals surface area contributed by atoms with Gasteiger partial charge in [-0.1, -0.05) is 20.8 Å². The number of amides is 1. The van der Waals surface area contributed by atoms with Crippen molar-refractivity contribution in [1.29, 1.82) is 0 Å². The fourth-order valence-electron chi connectivity index (χ4n) is 2.14. The molecule has 2 atom stereocenters. The van der Waals surface area contributed by atoms with E-state index in [-0.39, 0.29) is 18.1 Å². The van der Waals surface area contributed by atoms with Gasteiger partial charge in [0, 0.05) is 19.0 Å². The highest BCUT2D eigenvalue weighted by Crippen LogP contribution is 2.22. The fraction of sp³-hybridized carbons (Fsp3) is 0.917. The van der Waals surface area contributed by atoms with E-state index in [2.05, 4.69) is 20.8 Å². The summed E-state index contributed by atoms with van der Waals surface area (Å²) in [6.45, 7) is 6.87. The minimum Gasteiger partial charge on any atom is -0.391 e. The van der Waals surface area contributed by atoms with Gasteiger partial charge in [-0.25, -0.2) is 0 Å². The van der Waals surface area contributed by atoms with Crippen LogP contribution >= 0.6 is 0 Å². The average molecular weight is 213 g/mol. The SMILES string of the molecule is CCC1CC(O)CN1C(=O)CCC(C)C. The molecule has 1 N–H and O–H groups in total. The van der Waals surface area contributed by atoms with Crippen LogP contribution in [0.25, 0.3) is 0 Å². The molecule has 88 valence electrons. The summed E-state index contributed by atoms with van der Waals surface area (Å²) in [5, 5.41) is 9.53.